The molecule has 1 atom stereocenters. The molecule has 1 nitrogen and oxygen atoms in total. The van der Waals surface area contributed by atoms with Gasteiger partial charge in [-0.3, -0.25) is 0 Å². The largest absolute Gasteiger partial charge is 0.333 e. The minimum absolute atomic E-state index is 0.787. The summed E-state index contributed by atoms with van der Waals surface area (Å²) in [5.74, 6) is 1.78. The fourth-order valence-corrected chi connectivity index (χ4v) is 0.999. The van der Waals surface area contributed by atoms with Crippen LogP contribution in [-0.4, -0.2) is 7.05 Å². The number of rotatable bonds is 2. The van der Waals surface area contributed by atoms with Gasteiger partial charge in [0.2, 0.25) is 0 Å². The summed E-state index contributed by atoms with van der Waals surface area (Å²) in [6, 6.07) is 0. The predicted octanol–water partition coefficient (Wildman–Crippen LogP) is 2.18. The topological polar surface area (TPSA) is 26.0 Å². The maximum Gasteiger partial charge on any atom is -0.0195 e. The second-order valence-electron chi connectivity index (χ2n) is 2.97. The second-order valence-corrected chi connectivity index (χ2v) is 2.97. The van der Waals surface area contributed by atoms with Gasteiger partial charge in [0.15, 0.2) is 0 Å². The Hall–Kier alpha value is -0.300. The van der Waals surface area contributed by atoms with E-state index in [4.69, 9.17) is 0 Å². The van der Waals surface area contributed by atoms with E-state index in [0.29, 0.717) is 0 Å². The van der Waals surface area contributed by atoms with Gasteiger partial charge in [-0.15, -0.1) is 0 Å². The van der Waals surface area contributed by atoms with Crippen molar-refractivity contribution in [3.05, 3.63) is 12.2 Å². The molecule has 0 aromatic carbocycles. The summed E-state index contributed by atoms with van der Waals surface area (Å²) in [6.07, 6.45) is 2.88. The second kappa shape index (κ2) is 4.51. The zero-order valence-corrected chi connectivity index (χ0v) is 7.35. The van der Waals surface area contributed by atoms with Gasteiger partial charge in [-0.2, -0.15) is 0 Å². The maximum atomic E-state index is 4.50. The Kier molecular flexibility index (Phi) is 4.37. The molecule has 0 aromatic rings. The van der Waals surface area contributed by atoms with Crippen LogP contribution in [0.2, 0.25) is 0 Å². The summed E-state index contributed by atoms with van der Waals surface area (Å²) in [6.45, 7) is 8.32. The fraction of sp³-hybridized carbons (Fsp3) is 0.778. The summed E-state index contributed by atoms with van der Waals surface area (Å²) >= 11 is 0. The highest BCUT2D eigenvalue weighted by Gasteiger charge is 2.27. The van der Waals surface area contributed by atoms with Gasteiger partial charge in [0.1, 0.15) is 0 Å². The summed E-state index contributed by atoms with van der Waals surface area (Å²) in [5, 5.41) is 0. The Morgan fingerprint density at radius 3 is 2.00 bits per heavy atom. The maximum absolute atomic E-state index is 4.50. The van der Waals surface area contributed by atoms with Gasteiger partial charge < -0.3 is 5.73 Å². The van der Waals surface area contributed by atoms with Gasteiger partial charge in [-0.1, -0.05) is 19.1 Å². The van der Waals surface area contributed by atoms with Crippen molar-refractivity contribution in [1.82, 2.24) is 0 Å². The summed E-state index contributed by atoms with van der Waals surface area (Å²) in [7, 11) is 1.50. The fourth-order valence-electron chi connectivity index (χ4n) is 0.999. The highest BCUT2D eigenvalue weighted by Crippen LogP contribution is 2.39. The smallest absolute Gasteiger partial charge is 0.0195 e. The van der Waals surface area contributed by atoms with Crippen LogP contribution < -0.4 is 5.73 Å². The lowest BCUT2D eigenvalue weighted by Crippen LogP contribution is -1.95. The van der Waals surface area contributed by atoms with E-state index < -0.39 is 0 Å². The lowest BCUT2D eigenvalue weighted by Gasteiger charge is -2.06. The van der Waals surface area contributed by atoms with Crippen molar-refractivity contribution >= 4 is 0 Å². The molecule has 0 bridgehead atoms. The van der Waals surface area contributed by atoms with Gasteiger partial charge in [0, 0.05) is 0 Å². The predicted molar refractivity (Wildman–Crippen MR) is 46.8 cm³/mol. The summed E-state index contributed by atoms with van der Waals surface area (Å²) < 4.78 is 0. The molecule has 60 valence electrons. The van der Waals surface area contributed by atoms with Crippen LogP contribution in [0, 0.1) is 11.8 Å². The normalized spacial score (nSPS) is 18.8. The van der Waals surface area contributed by atoms with Crippen LogP contribution in [0.4, 0.5) is 0 Å². The van der Waals surface area contributed by atoms with Crippen molar-refractivity contribution in [1.29, 1.82) is 0 Å². The van der Waals surface area contributed by atoms with E-state index in [9.17, 15) is 0 Å². The molecule has 0 aliphatic heterocycles. The minimum atomic E-state index is 0.787. The molecule has 1 saturated carbocycles. The average molecular weight is 141 g/mol. The molecule has 0 radical (unpaired) electrons. The van der Waals surface area contributed by atoms with Crippen molar-refractivity contribution in [2.45, 2.75) is 26.7 Å². The van der Waals surface area contributed by atoms with Crippen molar-refractivity contribution in [2.75, 3.05) is 7.05 Å². The molecule has 0 aromatic heterocycles. The third-order valence-corrected chi connectivity index (χ3v) is 2.11. The van der Waals surface area contributed by atoms with Crippen molar-refractivity contribution in [3.63, 3.8) is 0 Å². The molecule has 1 unspecified atom stereocenters. The van der Waals surface area contributed by atoms with Gasteiger partial charge in [0.05, 0.1) is 0 Å². The third-order valence-electron chi connectivity index (χ3n) is 2.11. The van der Waals surface area contributed by atoms with Crippen LogP contribution in [0.5, 0.6) is 0 Å². The summed E-state index contributed by atoms with van der Waals surface area (Å²) in [4.78, 5) is 0. The molecule has 0 amide bonds. The van der Waals surface area contributed by atoms with Crippen molar-refractivity contribution < 1.29 is 0 Å². The van der Waals surface area contributed by atoms with Gasteiger partial charge in [-0.25, -0.2) is 0 Å². The standard InChI is InChI=1S/C8H14.CH5N/c1-6(2)7(3)8-4-5-8;1-2/h7-8H,1,4-5H2,2-3H3;2H2,1H3. The first-order valence-corrected chi connectivity index (χ1v) is 3.95. The van der Waals surface area contributed by atoms with Crippen molar-refractivity contribution in [3.8, 4) is 0 Å². The van der Waals surface area contributed by atoms with E-state index in [1.807, 2.05) is 0 Å². The molecule has 0 heterocycles. The quantitative estimate of drug-likeness (QED) is 0.586. The summed E-state index contributed by atoms with van der Waals surface area (Å²) in [5.41, 5.74) is 5.85. The van der Waals surface area contributed by atoms with Gasteiger partial charge in [-0.05, 0) is 38.6 Å². The first-order chi connectivity index (χ1) is 4.72. The molecule has 2 N–H and O–H groups in total. The highest BCUT2D eigenvalue weighted by atomic mass is 14.4. The van der Waals surface area contributed by atoms with E-state index in [1.165, 1.54) is 25.5 Å². The lowest BCUT2D eigenvalue weighted by molar-refractivity contribution is 0.594. The zero-order valence-electron chi connectivity index (χ0n) is 7.35. The zero-order chi connectivity index (χ0) is 8.15. The van der Waals surface area contributed by atoms with Crippen LogP contribution in [-0.2, 0) is 0 Å². The number of hydrogen-bond acceptors (Lipinski definition) is 1. The Morgan fingerprint density at radius 2 is 1.90 bits per heavy atom. The van der Waals surface area contributed by atoms with Crippen LogP contribution >= 0.6 is 0 Å². The molecule has 1 heteroatoms. The van der Waals surface area contributed by atoms with E-state index >= 15 is 0 Å². The number of allylic oxidation sites excluding steroid dienone is 1. The molecular weight excluding hydrogens is 122 g/mol. The molecular formula is C9H19N. The van der Waals surface area contributed by atoms with E-state index in [-0.39, 0.29) is 0 Å². The van der Waals surface area contributed by atoms with Gasteiger partial charge >= 0.3 is 0 Å². The molecule has 1 aliphatic rings. The van der Waals surface area contributed by atoms with E-state index in [1.54, 1.807) is 0 Å². The molecule has 1 aliphatic carbocycles. The Morgan fingerprint density at radius 1 is 1.50 bits per heavy atom. The first-order valence-electron chi connectivity index (χ1n) is 3.95. The minimum Gasteiger partial charge on any atom is -0.333 e. The molecule has 0 spiro atoms. The van der Waals surface area contributed by atoms with Crippen LogP contribution in [0.25, 0.3) is 0 Å². The first kappa shape index (κ1) is 9.70. The van der Waals surface area contributed by atoms with Crippen LogP contribution in [0.15, 0.2) is 12.2 Å². The molecule has 1 rings (SSSR count). The Labute approximate surface area is 64.3 Å². The van der Waals surface area contributed by atoms with Crippen LogP contribution in [0.1, 0.15) is 26.7 Å². The Balaban J connectivity index is 0.000000371. The third kappa shape index (κ3) is 3.02. The molecule has 1 fully saturated rings. The van der Waals surface area contributed by atoms with E-state index in [2.05, 4.69) is 26.2 Å². The molecule has 10 heavy (non-hydrogen) atoms. The average Bonchev–Trinajstić information content (AvgIpc) is 2.72. The lowest BCUT2D eigenvalue weighted by atomic mass is 9.99. The SMILES string of the molecule is C=C(C)C(C)C1CC1.CN. The number of hydrogen-bond donors (Lipinski definition) is 1. The van der Waals surface area contributed by atoms with E-state index in [0.717, 1.165) is 11.8 Å². The van der Waals surface area contributed by atoms with Crippen LogP contribution in [0.3, 0.4) is 0 Å². The monoisotopic (exact) mass is 141 g/mol. The molecule has 0 saturated heterocycles. The number of nitrogens with two attached hydrogens (primary N) is 1. The Bertz CT molecular complexity index is 103. The highest BCUT2D eigenvalue weighted by molar-refractivity contribution is 5.00. The van der Waals surface area contributed by atoms with Gasteiger partial charge in [0.25, 0.3) is 0 Å². The van der Waals surface area contributed by atoms with Crippen molar-refractivity contribution in [2.24, 2.45) is 17.6 Å².